The maximum atomic E-state index is 12.7. The Morgan fingerprint density at radius 2 is 2.04 bits per heavy atom. The summed E-state index contributed by atoms with van der Waals surface area (Å²) in [4.78, 5) is 21.2. The first-order valence-electron chi connectivity index (χ1n) is 8.54. The van der Waals surface area contributed by atoms with Gasteiger partial charge in [0.15, 0.2) is 0 Å². The van der Waals surface area contributed by atoms with Crippen molar-refractivity contribution in [3.63, 3.8) is 0 Å². The summed E-state index contributed by atoms with van der Waals surface area (Å²) in [6.45, 7) is 2.98. The Bertz CT molecular complexity index is 813. The minimum absolute atomic E-state index is 0.115. The highest BCUT2D eigenvalue weighted by Gasteiger charge is 2.46. The van der Waals surface area contributed by atoms with Crippen LogP contribution in [0, 0.1) is 17.2 Å². The van der Waals surface area contributed by atoms with E-state index in [1.54, 1.807) is 16.9 Å². The Labute approximate surface area is 146 Å². The van der Waals surface area contributed by atoms with Gasteiger partial charge in [-0.15, -0.1) is 0 Å². The van der Waals surface area contributed by atoms with Crippen molar-refractivity contribution in [3.05, 3.63) is 41.9 Å². The third-order valence-corrected chi connectivity index (χ3v) is 5.05. The number of hydrogen-bond acceptors (Lipinski definition) is 5. The number of anilines is 1. The highest BCUT2D eigenvalue weighted by atomic mass is 16.2. The summed E-state index contributed by atoms with van der Waals surface area (Å²) in [5.41, 5.74) is 1.73. The summed E-state index contributed by atoms with van der Waals surface area (Å²) in [5.74, 6) is 1.58. The second-order valence-corrected chi connectivity index (χ2v) is 6.73. The maximum absolute atomic E-state index is 12.7. The normalized spacial score (nSPS) is 22.6. The second kappa shape index (κ2) is 6.20. The van der Waals surface area contributed by atoms with Crippen molar-refractivity contribution in [3.8, 4) is 6.07 Å². The molecule has 4 rings (SSSR count). The minimum atomic E-state index is 0.115. The molecule has 2 atom stereocenters. The molecule has 7 heteroatoms. The van der Waals surface area contributed by atoms with Crippen molar-refractivity contribution in [1.82, 2.24) is 19.7 Å². The van der Waals surface area contributed by atoms with Gasteiger partial charge in [-0.05, 0) is 30.0 Å². The lowest BCUT2D eigenvalue weighted by Crippen LogP contribution is -2.49. The molecule has 1 saturated heterocycles. The van der Waals surface area contributed by atoms with Crippen LogP contribution in [0.2, 0.25) is 0 Å². The van der Waals surface area contributed by atoms with Crippen LogP contribution in [0.3, 0.4) is 0 Å². The number of amides is 1. The Morgan fingerprint density at radius 3 is 2.64 bits per heavy atom. The van der Waals surface area contributed by atoms with Crippen LogP contribution in [0.15, 0.2) is 30.7 Å². The van der Waals surface area contributed by atoms with Crippen molar-refractivity contribution in [2.75, 3.05) is 31.1 Å². The predicted octanol–water partition coefficient (Wildman–Crippen LogP) is 1.14. The van der Waals surface area contributed by atoms with Gasteiger partial charge in [-0.25, -0.2) is 4.98 Å². The standard InChI is InChI=1S/C18H20N6O/c1-22-12-14(11-21-22)15-8-16(15)18(25)24-6-4-23(5-7-24)17-3-2-13(9-19)10-20-17/h2-3,10-12,15-16H,4-8H2,1H3/t15-,16-/m1/s1. The van der Waals surface area contributed by atoms with Gasteiger partial charge in [-0.2, -0.15) is 10.4 Å². The van der Waals surface area contributed by atoms with Crippen molar-refractivity contribution in [1.29, 1.82) is 5.26 Å². The highest BCUT2D eigenvalue weighted by Crippen LogP contribution is 2.48. The molecule has 1 aliphatic carbocycles. The Morgan fingerprint density at radius 1 is 1.24 bits per heavy atom. The van der Waals surface area contributed by atoms with Gasteiger partial charge in [-0.1, -0.05) is 0 Å². The number of pyridine rings is 1. The molecule has 0 N–H and O–H groups in total. The van der Waals surface area contributed by atoms with E-state index < -0.39 is 0 Å². The lowest BCUT2D eigenvalue weighted by molar-refractivity contribution is -0.133. The number of nitrogens with zero attached hydrogens (tertiary/aromatic N) is 6. The molecule has 0 radical (unpaired) electrons. The van der Waals surface area contributed by atoms with E-state index in [1.807, 2.05) is 30.4 Å². The molecule has 2 fully saturated rings. The summed E-state index contributed by atoms with van der Waals surface area (Å²) in [7, 11) is 1.90. The van der Waals surface area contributed by atoms with Gasteiger partial charge in [-0.3, -0.25) is 9.48 Å². The van der Waals surface area contributed by atoms with Gasteiger partial charge in [0, 0.05) is 51.5 Å². The molecule has 1 saturated carbocycles. The van der Waals surface area contributed by atoms with E-state index in [9.17, 15) is 4.79 Å². The minimum Gasteiger partial charge on any atom is -0.353 e. The van der Waals surface area contributed by atoms with Gasteiger partial charge >= 0.3 is 0 Å². The summed E-state index contributed by atoms with van der Waals surface area (Å²) < 4.78 is 1.79. The molecule has 0 unspecified atom stereocenters. The number of nitriles is 1. The van der Waals surface area contributed by atoms with E-state index in [-0.39, 0.29) is 11.8 Å². The topological polar surface area (TPSA) is 78.0 Å². The van der Waals surface area contributed by atoms with Gasteiger partial charge in [0.25, 0.3) is 0 Å². The molecule has 1 amide bonds. The number of piperazine rings is 1. The third-order valence-electron chi connectivity index (χ3n) is 5.05. The highest BCUT2D eigenvalue weighted by molar-refractivity contribution is 5.83. The summed E-state index contributed by atoms with van der Waals surface area (Å²) in [6, 6.07) is 5.73. The first-order chi connectivity index (χ1) is 12.2. The van der Waals surface area contributed by atoms with Gasteiger partial charge in [0.1, 0.15) is 11.9 Å². The molecule has 0 aromatic carbocycles. The van der Waals surface area contributed by atoms with E-state index >= 15 is 0 Å². The molecule has 2 aliphatic rings. The van der Waals surface area contributed by atoms with E-state index in [4.69, 9.17) is 5.26 Å². The average molecular weight is 336 g/mol. The molecule has 3 heterocycles. The number of rotatable bonds is 3. The smallest absolute Gasteiger partial charge is 0.226 e. The van der Waals surface area contributed by atoms with E-state index in [0.29, 0.717) is 11.5 Å². The number of aromatic nitrogens is 3. The lowest BCUT2D eigenvalue weighted by Gasteiger charge is -2.35. The zero-order valence-electron chi connectivity index (χ0n) is 14.2. The average Bonchev–Trinajstić information content (AvgIpc) is 3.35. The molecule has 1 aliphatic heterocycles. The van der Waals surface area contributed by atoms with Gasteiger partial charge in [0.05, 0.1) is 11.8 Å². The lowest BCUT2D eigenvalue weighted by atomic mass is 10.1. The van der Waals surface area contributed by atoms with Crippen LogP contribution in [0.25, 0.3) is 0 Å². The molecule has 0 spiro atoms. The fourth-order valence-corrected chi connectivity index (χ4v) is 3.50. The fraction of sp³-hybridized carbons (Fsp3) is 0.444. The Hall–Kier alpha value is -2.88. The molecule has 7 nitrogen and oxygen atoms in total. The first kappa shape index (κ1) is 15.6. The molecule has 25 heavy (non-hydrogen) atoms. The number of carbonyl (C=O) groups excluding carboxylic acids is 1. The molecule has 2 aromatic heterocycles. The van der Waals surface area contributed by atoms with Gasteiger partial charge < -0.3 is 9.80 Å². The number of carbonyl (C=O) groups is 1. The van der Waals surface area contributed by atoms with Crippen LogP contribution in [0.1, 0.15) is 23.5 Å². The zero-order valence-corrected chi connectivity index (χ0v) is 14.2. The van der Waals surface area contributed by atoms with E-state index in [1.165, 1.54) is 5.56 Å². The molecule has 128 valence electrons. The SMILES string of the molecule is Cn1cc([C@H]2C[C@H]2C(=O)N2CCN(c3ccc(C#N)cn3)CC2)cn1. The molecular formula is C18H20N6O. The van der Waals surface area contributed by atoms with E-state index in [2.05, 4.69) is 21.1 Å². The Kier molecular flexibility index (Phi) is 3.88. The molecule has 2 aromatic rings. The van der Waals surface area contributed by atoms with Crippen LogP contribution in [0.5, 0.6) is 0 Å². The monoisotopic (exact) mass is 336 g/mol. The summed E-state index contributed by atoms with van der Waals surface area (Å²) in [5, 5.41) is 13.0. The zero-order chi connectivity index (χ0) is 17.4. The second-order valence-electron chi connectivity index (χ2n) is 6.73. The molecular weight excluding hydrogens is 316 g/mol. The Balaban J connectivity index is 1.33. The van der Waals surface area contributed by atoms with Crippen molar-refractivity contribution in [2.24, 2.45) is 13.0 Å². The summed E-state index contributed by atoms with van der Waals surface area (Å²) in [6.07, 6.45) is 6.40. The van der Waals surface area contributed by atoms with Gasteiger partial charge in [0.2, 0.25) is 5.91 Å². The first-order valence-corrected chi connectivity index (χ1v) is 8.54. The van der Waals surface area contributed by atoms with Crippen molar-refractivity contribution >= 4 is 11.7 Å². The fourth-order valence-electron chi connectivity index (χ4n) is 3.50. The van der Waals surface area contributed by atoms with Crippen molar-refractivity contribution < 1.29 is 4.79 Å². The third kappa shape index (κ3) is 3.07. The predicted molar refractivity (Wildman–Crippen MR) is 91.8 cm³/mol. The van der Waals surface area contributed by atoms with Crippen LogP contribution >= 0.6 is 0 Å². The van der Waals surface area contributed by atoms with Crippen LogP contribution in [-0.4, -0.2) is 51.8 Å². The van der Waals surface area contributed by atoms with Crippen LogP contribution in [-0.2, 0) is 11.8 Å². The largest absolute Gasteiger partial charge is 0.353 e. The molecule has 0 bridgehead atoms. The number of hydrogen-bond donors (Lipinski definition) is 0. The summed E-state index contributed by atoms with van der Waals surface area (Å²) >= 11 is 0. The quantitative estimate of drug-likeness (QED) is 0.840. The van der Waals surface area contributed by atoms with Crippen LogP contribution in [0.4, 0.5) is 5.82 Å². The van der Waals surface area contributed by atoms with Crippen LogP contribution < -0.4 is 4.90 Å². The van der Waals surface area contributed by atoms with E-state index in [0.717, 1.165) is 38.4 Å². The number of aryl methyl sites for hydroxylation is 1. The maximum Gasteiger partial charge on any atom is 0.226 e. The van der Waals surface area contributed by atoms with Crippen molar-refractivity contribution in [2.45, 2.75) is 12.3 Å².